The van der Waals surface area contributed by atoms with Crippen LogP contribution >= 0.6 is 0 Å². The predicted octanol–water partition coefficient (Wildman–Crippen LogP) is 6.04. The van der Waals surface area contributed by atoms with Crippen LogP contribution < -0.4 is 10.1 Å². The van der Waals surface area contributed by atoms with Gasteiger partial charge in [-0.25, -0.2) is 4.39 Å². The zero-order chi connectivity index (χ0) is 22.4. The van der Waals surface area contributed by atoms with Crippen molar-refractivity contribution in [2.24, 2.45) is 11.3 Å². The average Bonchev–Trinajstić information content (AvgIpc) is 2.72. The highest BCUT2D eigenvalue weighted by Gasteiger charge is 2.30. The molecular formula is C26H34FNO3. The zero-order valence-corrected chi connectivity index (χ0v) is 18.8. The van der Waals surface area contributed by atoms with Gasteiger partial charge in [0.2, 0.25) is 0 Å². The molecule has 0 aliphatic heterocycles. The second kappa shape index (κ2) is 10.3. The lowest BCUT2D eigenvalue weighted by Crippen LogP contribution is -2.30. The van der Waals surface area contributed by atoms with Crippen molar-refractivity contribution in [3.63, 3.8) is 0 Å². The molecule has 0 heterocycles. The Morgan fingerprint density at radius 2 is 1.87 bits per heavy atom. The van der Waals surface area contributed by atoms with Crippen molar-refractivity contribution in [2.45, 2.75) is 65.5 Å². The maximum Gasteiger partial charge on any atom is 0.304 e. The molecule has 1 saturated carbocycles. The van der Waals surface area contributed by atoms with Crippen LogP contribution in [-0.4, -0.2) is 23.7 Å². The van der Waals surface area contributed by atoms with Crippen LogP contribution in [0.3, 0.4) is 0 Å². The number of carbonyl (C=O) groups is 1. The van der Waals surface area contributed by atoms with E-state index < -0.39 is 5.97 Å². The van der Waals surface area contributed by atoms with Gasteiger partial charge < -0.3 is 15.2 Å². The molecule has 31 heavy (non-hydrogen) atoms. The first-order valence-electron chi connectivity index (χ1n) is 11.2. The lowest BCUT2D eigenvalue weighted by molar-refractivity contribution is -0.136. The fraction of sp³-hybridized carbons (Fsp3) is 0.500. The molecule has 5 heteroatoms. The monoisotopic (exact) mass is 427 g/mol. The molecule has 1 fully saturated rings. The number of hydrogen-bond acceptors (Lipinski definition) is 3. The standard InChI is InChI=1S/C26H34FNO3/c1-26(2,3)20-8-10-21(11-9-20)31-22-6-4-5-19(16-22)23-15-18(7-12-24(23)27)17-28-14-13-25(29)30/h4-7,12,15-16,20-21,28H,8-11,13-14,17H2,1-3H3,(H,29,30)/t20-,21-. The lowest BCUT2D eigenvalue weighted by Gasteiger charge is -2.37. The van der Waals surface area contributed by atoms with Crippen molar-refractivity contribution in [3.8, 4) is 16.9 Å². The van der Waals surface area contributed by atoms with E-state index in [1.807, 2.05) is 30.3 Å². The summed E-state index contributed by atoms with van der Waals surface area (Å²) in [4.78, 5) is 10.6. The van der Waals surface area contributed by atoms with Crippen LogP contribution in [0, 0.1) is 17.2 Å². The summed E-state index contributed by atoms with van der Waals surface area (Å²) < 4.78 is 20.8. The van der Waals surface area contributed by atoms with Gasteiger partial charge >= 0.3 is 5.97 Å². The van der Waals surface area contributed by atoms with Crippen molar-refractivity contribution >= 4 is 5.97 Å². The molecule has 4 nitrogen and oxygen atoms in total. The van der Waals surface area contributed by atoms with Crippen molar-refractivity contribution in [2.75, 3.05) is 6.54 Å². The van der Waals surface area contributed by atoms with Gasteiger partial charge in [0.1, 0.15) is 11.6 Å². The first-order chi connectivity index (χ1) is 14.7. The number of nitrogens with one attached hydrogen (secondary N) is 1. The van der Waals surface area contributed by atoms with Crippen LogP contribution in [0.4, 0.5) is 4.39 Å². The molecule has 0 aromatic heterocycles. The fourth-order valence-corrected chi connectivity index (χ4v) is 4.31. The van der Waals surface area contributed by atoms with Gasteiger partial charge in [-0.2, -0.15) is 0 Å². The van der Waals surface area contributed by atoms with Crippen LogP contribution in [-0.2, 0) is 11.3 Å². The highest BCUT2D eigenvalue weighted by Crippen LogP contribution is 2.39. The molecule has 0 amide bonds. The number of benzene rings is 2. The van der Waals surface area contributed by atoms with Gasteiger partial charge in [0.15, 0.2) is 0 Å². The van der Waals surface area contributed by atoms with Gasteiger partial charge in [0.05, 0.1) is 12.5 Å². The number of aliphatic carboxylic acids is 1. The minimum atomic E-state index is -0.837. The maximum absolute atomic E-state index is 14.6. The molecule has 2 aromatic rings. The summed E-state index contributed by atoms with van der Waals surface area (Å²) in [5.74, 6) is 0.397. The van der Waals surface area contributed by atoms with E-state index in [9.17, 15) is 9.18 Å². The van der Waals surface area contributed by atoms with Crippen LogP contribution in [0.5, 0.6) is 5.75 Å². The molecule has 0 spiro atoms. The number of carboxylic acid groups (broad SMARTS) is 1. The first-order valence-corrected chi connectivity index (χ1v) is 11.2. The largest absolute Gasteiger partial charge is 0.490 e. The molecule has 2 aromatic carbocycles. The SMILES string of the molecule is CC(C)(C)[C@H]1CC[C@H](Oc2cccc(-c3cc(CNCCC(=O)O)ccc3F)c2)CC1. The highest BCUT2D eigenvalue weighted by atomic mass is 19.1. The Balaban J connectivity index is 1.64. The van der Waals surface area contributed by atoms with E-state index in [-0.39, 0.29) is 18.3 Å². The third kappa shape index (κ3) is 6.79. The van der Waals surface area contributed by atoms with Crippen molar-refractivity contribution in [1.82, 2.24) is 5.32 Å². The van der Waals surface area contributed by atoms with Gasteiger partial charge in [-0.3, -0.25) is 4.79 Å². The lowest BCUT2D eigenvalue weighted by atomic mass is 9.72. The summed E-state index contributed by atoms with van der Waals surface area (Å²) in [5.41, 5.74) is 2.56. The molecule has 1 aliphatic carbocycles. The van der Waals surface area contributed by atoms with Gasteiger partial charge in [-0.1, -0.05) is 39.0 Å². The summed E-state index contributed by atoms with van der Waals surface area (Å²) in [6.07, 6.45) is 4.74. The number of carboxylic acids is 1. The Kier molecular flexibility index (Phi) is 7.71. The Morgan fingerprint density at radius 1 is 1.13 bits per heavy atom. The van der Waals surface area contributed by atoms with E-state index in [2.05, 4.69) is 26.1 Å². The Morgan fingerprint density at radius 3 is 2.55 bits per heavy atom. The third-order valence-electron chi connectivity index (χ3n) is 6.22. The number of halogens is 1. The molecule has 168 valence electrons. The van der Waals surface area contributed by atoms with Gasteiger partial charge in [0.25, 0.3) is 0 Å². The zero-order valence-electron chi connectivity index (χ0n) is 18.8. The molecule has 3 rings (SSSR count). The van der Waals surface area contributed by atoms with Gasteiger partial charge in [-0.05, 0) is 72.4 Å². The molecule has 0 saturated heterocycles. The molecular weight excluding hydrogens is 393 g/mol. The minimum absolute atomic E-state index is 0.0606. The second-order valence-electron chi connectivity index (χ2n) is 9.62. The molecule has 1 aliphatic rings. The molecule has 2 N–H and O–H groups in total. The van der Waals surface area contributed by atoms with E-state index in [4.69, 9.17) is 9.84 Å². The average molecular weight is 428 g/mol. The Bertz CT molecular complexity index is 882. The Hall–Kier alpha value is -2.40. The number of hydrogen-bond donors (Lipinski definition) is 2. The quantitative estimate of drug-likeness (QED) is 0.504. The number of rotatable bonds is 8. The molecule has 0 radical (unpaired) electrons. The van der Waals surface area contributed by atoms with Gasteiger partial charge in [-0.15, -0.1) is 0 Å². The normalized spacial score (nSPS) is 19.2. The van der Waals surface area contributed by atoms with E-state index in [1.54, 1.807) is 6.07 Å². The highest BCUT2D eigenvalue weighted by molar-refractivity contribution is 5.67. The first kappa shape index (κ1) is 23.3. The molecule has 0 unspecified atom stereocenters. The summed E-state index contributed by atoms with van der Waals surface area (Å²) in [5, 5.41) is 11.8. The van der Waals surface area contributed by atoms with E-state index in [1.165, 1.54) is 18.9 Å². The van der Waals surface area contributed by atoms with Crippen LogP contribution in [0.25, 0.3) is 11.1 Å². The summed E-state index contributed by atoms with van der Waals surface area (Å²) >= 11 is 0. The van der Waals surface area contributed by atoms with E-state index in [0.717, 1.165) is 35.6 Å². The summed E-state index contributed by atoms with van der Waals surface area (Å²) in [6, 6.07) is 12.7. The summed E-state index contributed by atoms with van der Waals surface area (Å²) in [6.45, 7) is 7.81. The molecule has 0 atom stereocenters. The van der Waals surface area contributed by atoms with Crippen molar-refractivity contribution < 1.29 is 19.0 Å². The summed E-state index contributed by atoms with van der Waals surface area (Å²) in [7, 11) is 0. The van der Waals surface area contributed by atoms with Crippen LogP contribution in [0.15, 0.2) is 42.5 Å². The fourth-order valence-electron chi connectivity index (χ4n) is 4.31. The van der Waals surface area contributed by atoms with Crippen molar-refractivity contribution in [1.29, 1.82) is 0 Å². The minimum Gasteiger partial charge on any atom is -0.490 e. The third-order valence-corrected chi connectivity index (χ3v) is 6.22. The van der Waals surface area contributed by atoms with Crippen LogP contribution in [0.2, 0.25) is 0 Å². The maximum atomic E-state index is 14.6. The predicted molar refractivity (Wildman–Crippen MR) is 122 cm³/mol. The van der Waals surface area contributed by atoms with Gasteiger partial charge in [0, 0.05) is 18.7 Å². The van der Waals surface area contributed by atoms with E-state index >= 15 is 0 Å². The topological polar surface area (TPSA) is 58.6 Å². The van der Waals surface area contributed by atoms with Crippen molar-refractivity contribution in [3.05, 3.63) is 53.8 Å². The van der Waals surface area contributed by atoms with E-state index in [0.29, 0.717) is 24.1 Å². The van der Waals surface area contributed by atoms with Crippen LogP contribution in [0.1, 0.15) is 58.4 Å². The molecule has 0 bridgehead atoms. The second-order valence-corrected chi connectivity index (χ2v) is 9.62. The Labute approximate surface area is 184 Å². The smallest absolute Gasteiger partial charge is 0.304 e. The number of ether oxygens (including phenoxy) is 1.